The van der Waals surface area contributed by atoms with Crippen molar-refractivity contribution in [2.75, 3.05) is 20.8 Å². The van der Waals surface area contributed by atoms with Crippen LogP contribution in [0.2, 0.25) is 0 Å². The average molecular weight is 517 g/mol. The number of nitrogens with one attached hydrogen (secondary N) is 1. The number of imidazole rings is 2. The summed E-state index contributed by atoms with van der Waals surface area (Å²) in [6.07, 6.45) is 8.49. The molecule has 0 amide bonds. The molecule has 5 aromatic rings. The number of carboxylic acid groups (broad SMARTS) is 1. The highest BCUT2D eigenvalue weighted by molar-refractivity contribution is 5.76. The molecular formula is C26H24N6O6. The minimum atomic E-state index is -0.300. The molecule has 4 aromatic heterocycles. The number of pyridine rings is 2. The molecule has 0 aliphatic carbocycles. The molecule has 1 aromatic carbocycles. The van der Waals surface area contributed by atoms with Gasteiger partial charge in [0.15, 0.2) is 23.3 Å². The molecule has 1 unspecified atom stereocenters. The van der Waals surface area contributed by atoms with Crippen molar-refractivity contribution in [2.45, 2.75) is 12.6 Å². The fourth-order valence-corrected chi connectivity index (χ4v) is 4.12. The van der Waals surface area contributed by atoms with Crippen LogP contribution in [0.25, 0.3) is 22.6 Å². The number of nitrogens with zero attached hydrogens (tertiary/aromatic N) is 5. The average Bonchev–Trinajstić information content (AvgIpc) is 3.63. The molecular weight excluding hydrogens is 492 g/mol. The number of aromatic nitrogens is 6. The molecule has 0 spiro atoms. The van der Waals surface area contributed by atoms with Crippen LogP contribution in [0.4, 0.5) is 0 Å². The first kappa shape index (κ1) is 24.6. The third-order valence-electron chi connectivity index (χ3n) is 5.87. The number of hydrogen-bond donors (Lipinski definition) is 2. The monoisotopic (exact) mass is 516 g/mol. The molecule has 194 valence electrons. The minimum absolute atomic E-state index is 0.250. The van der Waals surface area contributed by atoms with Gasteiger partial charge in [-0.1, -0.05) is 0 Å². The number of carbonyl (C=O) groups is 1. The van der Waals surface area contributed by atoms with Gasteiger partial charge in [-0.3, -0.25) is 4.79 Å². The SMILES string of the molecule is COc1ccc(C2COc3cc(Cn4cnc5cc(-c6ncc[nH]6)cnc54)cc(OC)c3O2)cn1.O=CO. The van der Waals surface area contributed by atoms with E-state index in [1.165, 1.54) is 0 Å². The summed E-state index contributed by atoms with van der Waals surface area (Å²) < 4.78 is 25.1. The second kappa shape index (κ2) is 10.9. The van der Waals surface area contributed by atoms with E-state index in [0.717, 1.165) is 33.7 Å². The molecule has 0 radical (unpaired) electrons. The summed E-state index contributed by atoms with van der Waals surface area (Å²) in [5.74, 6) is 3.11. The van der Waals surface area contributed by atoms with Gasteiger partial charge < -0.3 is 33.6 Å². The largest absolute Gasteiger partial charge is 0.493 e. The van der Waals surface area contributed by atoms with Crippen molar-refractivity contribution in [1.29, 1.82) is 0 Å². The topological polar surface area (TPSA) is 146 Å². The van der Waals surface area contributed by atoms with Gasteiger partial charge in [-0.05, 0) is 29.8 Å². The van der Waals surface area contributed by atoms with Crippen LogP contribution in [0.1, 0.15) is 17.2 Å². The zero-order chi connectivity index (χ0) is 26.5. The van der Waals surface area contributed by atoms with Crippen molar-refractivity contribution in [3.8, 4) is 34.5 Å². The smallest absolute Gasteiger partial charge is 0.290 e. The Hall–Kier alpha value is -5.13. The number of rotatable bonds is 6. The number of fused-ring (bicyclic) bond motifs is 2. The lowest BCUT2D eigenvalue weighted by atomic mass is 10.1. The van der Waals surface area contributed by atoms with E-state index in [0.29, 0.717) is 36.3 Å². The number of methoxy groups -OCH3 is 2. The number of hydrogen-bond acceptors (Lipinski definition) is 9. The predicted octanol–water partition coefficient (Wildman–Crippen LogP) is 3.50. The van der Waals surface area contributed by atoms with Gasteiger partial charge in [-0.15, -0.1) is 0 Å². The second-order valence-electron chi connectivity index (χ2n) is 8.16. The van der Waals surface area contributed by atoms with Crippen molar-refractivity contribution < 1.29 is 28.8 Å². The van der Waals surface area contributed by atoms with Crippen LogP contribution in [0, 0.1) is 0 Å². The second-order valence-corrected chi connectivity index (χ2v) is 8.16. The van der Waals surface area contributed by atoms with E-state index < -0.39 is 0 Å². The van der Waals surface area contributed by atoms with Gasteiger partial charge in [-0.2, -0.15) is 0 Å². The molecule has 12 heteroatoms. The van der Waals surface area contributed by atoms with Gasteiger partial charge >= 0.3 is 0 Å². The Morgan fingerprint density at radius 1 is 1.13 bits per heavy atom. The summed E-state index contributed by atoms with van der Waals surface area (Å²) in [6, 6.07) is 9.59. The maximum Gasteiger partial charge on any atom is 0.290 e. The highest BCUT2D eigenvalue weighted by Gasteiger charge is 2.27. The molecule has 0 fully saturated rings. The van der Waals surface area contributed by atoms with Crippen LogP contribution in [0.5, 0.6) is 23.1 Å². The Morgan fingerprint density at radius 2 is 2.00 bits per heavy atom. The van der Waals surface area contributed by atoms with Gasteiger partial charge in [0, 0.05) is 42.0 Å². The molecule has 0 saturated heterocycles. The van der Waals surface area contributed by atoms with Crippen LogP contribution in [-0.2, 0) is 11.3 Å². The van der Waals surface area contributed by atoms with E-state index >= 15 is 0 Å². The zero-order valence-electron chi connectivity index (χ0n) is 20.6. The van der Waals surface area contributed by atoms with Crippen LogP contribution < -0.4 is 18.9 Å². The lowest BCUT2D eigenvalue weighted by Crippen LogP contribution is -2.22. The van der Waals surface area contributed by atoms with E-state index in [2.05, 4.69) is 24.9 Å². The summed E-state index contributed by atoms with van der Waals surface area (Å²) in [6.45, 7) is 0.654. The van der Waals surface area contributed by atoms with Crippen molar-refractivity contribution in [1.82, 2.24) is 29.5 Å². The molecule has 0 bridgehead atoms. The summed E-state index contributed by atoms with van der Waals surface area (Å²) in [4.78, 5) is 29.1. The summed E-state index contributed by atoms with van der Waals surface area (Å²) >= 11 is 0. The van der Waals surface area contributed by atoms with Crippen LogP contribution in [-0.4, -0.2) is 61.9 Å². The molecule has 1 atom stereocenters. The first-order valence-corrected chi connectivity index (χ1v) is 11.5. The molecule has 1 aliphatic heterocycles. The Kier molecular flexibility index (Phi) is 7.02. The third-order valence-corrected chi connectivity index (χ3v) is 5.87. The lowest BCUT2D eigenvalue weighted by Gasteiger charge is -2.28. The molecule has 38 heavy (non-hydrogen) atoms. The first-order valence-electron chi connectivity index (χ1n) is 11.5. The van der Waals surface area contributed by atoms with E-state index in [-0.39, 0.29) is 12.6 Å². The lowest BCUT2D eigenvalue weighted by molar-refractivity contribution is -0.122. The molecule has 6 rings (SSSR count). The van der Waals surface area contributed by atoms with Crippen LogP contribution in [0.3, 0.4) is 0 Å². The van der Waals surface area contributed by atoms with Gasteiger partial charge in [0.25, 0.3) is 6.47 Å². The standard InChI is InChI=1S/C25H22N6O4.CH2O2/c1-32-19-7-15(8-20-23(19)35-21(13-34-20)16-3-4-22(33-2)28-10-16)12-31-14-30-18-9-17(11-29-25(18)31)24-26-5-6-27-24;2-1-3/h3-11,14,21H,12-13H2,1-2H3,(H,26,27);1H,(H,2,3). The molecule has 12 nitrogen and oxygen atoms in total. The maximum absolute atomic E-state index is 8.36. The number of H-pyrrole nitrogens is 1. The number of aromatic amines is 1. The number of ether oxygens (including phenoxy) is 4. The Bertz CT molecular complexity index is 1520. The molecule has 0 saturated carbocycles. The van der Waals surface area contributed by atoms with Crippen molar-refractivity contribution in [2.24, 2.45) is 0 Å². The third kappa shape index (κ3) is 4.91. The predicted molar refractivity (Wildman–Crippen MR) is 136 cm³/mol. The summed E-state index contributed by atoms with van der Waals surface area (Å²) in [5, 5.41) is 6.89. The van der Waals surface area contributed by atoms with Gasteiger partial charge in [0.05, 0.1) is 27.1 Å². The summed E-state index contributed by atoms with van der Waals surface area (Å²) in [7, 11) is 3.20. The Labute approximate surface area is 216 Å². The van der Waals surface area contributed by atoms with Crippen LogP contribution in [0.15, 0.2) is 61.4 Å². The molecule has 1 aliphatic rings. The van der Waals surface area contributed by atoms with Crippen molar-refractivity contribution in [3.05, 3.63) is 72.6 Å². The van der Waals surface area contributed by atoms with E-state index in [1.54, 1.807) is 51.4 Å². The quantitative estimate of drug-likeness (QED) is 0.321. The molecule has 2 N–H and O–H groups in total. The summed E-state index contributed by atoms with van der Waals surface area (Å²) in [5.41, 5.74) is 4.33. The molecule has 5 heterocycles. The Morgan fingerprint density at radius 3 is 2.71 bits per heavy atom. The van der Waals surface area contributed by atoms with Gasteiger partial charge in [0.2, 0.25) is 11.6 Å². The van der Waals surface area contributed by atoms with E-state index in [4.69, 9.17) is 28.8 Å². The normalized spacial score (nSPS) is 13.9. The first-order chi connectivity index (χ1) is 18.6. The minimum Gasteiger partial charge on any atom is -0.493 e. The fraction of sp³-hybridized carbons (Fsp3) is 0.192. The van der Waals surface area contributed by atoms with Gasteiger partial charge in [0.1, 0.15) is 17.9 Å². The number of benzene rings is 1. The van der Waals surface area contributed by atoms with Crippen molar-refractivity contribution >= 4 is 17.6 Å². The van der Waals surface area contributed by atoms with E-state index in [9.17, 15) is 0 Å². The van der Waals surface area contributed by atoms with Gasteiger partial charge in [-0.25, -0.2) is 19.9 Å². The maximum atomic E-state index is 8.36. The highest BCUT2D eigenvalue weighted by atomic mass is 16.6. The van der Waals surface area contributed by atoms with E-state index in [1.807, 2.05) is 28.8 Å². The van der Waals surface area contributed by atoms with Crippen molar-refractivity contribution in [3.63, 3.8) is 0 Å². The zero-order valence-corrected chi connectivity index (χ0v) is 20.6. The fourth-order valence-electron chi connectivity index (χ4n) is 4.12. The highest BCUT2D eigenvalue weighted by Crippen LogP contribution is 2.44. The Balaban J connectivity index is 0.000000937. The van der Waals surface area contributed by atoms with Crippen LogP contribution >= 0.6 is 0 Å².